The van der Waals surface area contributed by atoms with Gasteiger partial charge >= 0.3 is 0 Å². The highest BCUT2D eigenvalue weighted by Gasteiger charge is 2.12. The summed E-state index contributed by atoms with van der Waals surface area (Å²) >= 11 is 1.47. The first kappa shape index (κ1) is 12.5. The minimum absolute atomic E-state index is 0.0803. The molecule has 6 heteroatoms. The van der Waals surface area contributed by atoms with E-state index in [-0.39, 0.29) is 17.9 Å². The molecular weight excluding hydrogens is 255 g/mol. The molecule has 94 valence electrons. The number of benzene rings is 1. The van der Waals surface area contributed by atoms with E-state index >= 15 is 0 Å². The number of aromatic hydroxyl groups is 1. The quantitative estimate of drug-likeness (QED) is 0.895. The van der Waals surface area contributed by atoms with Crippen LogP contribution in [0.4, 0.5) is 4.39 Å². The van der Waals surface area contributed by atoms with Crippen molar-refractivity contribution in [2.24, 2.45) is 0 Å². The van der Waals surface area contributed by atoms with Gasteiger partial charge in [0.15, 0.2) is 0 Å². The van der Waals surface area contributed by atoms with Gasteiger partial charge in [0.1, 0.15) is 16.6 Å². The number of aromatic nitrogens is 1. The summed E-state index contributed by atoms with van der Waals surface area (Å²) in [5.41, 5.74) is -0.0803. The Morgan fingerprint density at radius 1 is 1.56 bits per heavy atom. The average Bonchev–Trinajstić information content (AvgIpc) is 2.75. The van der Waals surface area contributed by atoms with Crippen LogP contribution in [0.5, 0.6) is 5.75 Å². The number of nitrogens with one attached hydrogen (secondary N) is 1. The molecule has 1 amide bonds. The second-order valence-corrected chi connectivity index (χ2v) is 5.03. The van der Waals surface area contributed by atoms with Crippen LogP contribution < -0.4 is 5.32 Å². The summed E-state index contributed by atoms with van der Waals surface area (Å²) < 4.78 is 13.0. The minimum atomic E-state index is -0.567. The van der Waals surface area contributed by atoms with Gasteiger partial charge < -0.3 is 10.4 Å². The number of amides is 1. The number of rotatable bonds is 3. The van der Waals surface area contributed by atoms with Gasteiger partial charge in [0.25, 0.3) is 5.91 Å². The van der Waals surface area contributed by atoms with Crippen molar-refractivity contribution in [2.45, 2.75) is 13.5 Å². The topological polar surface area (TPSA) is 62.2 Å². The predicted octanol–water partition coefficient (Wildman–Crippen LogP) is 2.23. The van der Waals surface area contributed by atoms with Crippen molar-refractivity contribution < 1.29 is 14.3 Å². The van der Waals surface area contributed by atoms with Crippen molar-refractivity contribution in [1.82, 2.24) is 10.3 Å². The lowest BCUT2D eigenvalue weighted by atomic mass is 10.2. The molecule has 0 fully saturated rings. The number of aryl methyl sites for hydroxylation is 1. The van der Waals surface area contributed by atoms with E-state index in [1.54, 1.807) is 6.20 Å². The maximum atomic E-state index is 13.0. The Balaban J connectivity index is 2.05. The van der Waals surface area contributed by atoms with E-state index in [1.807, 2.05) is 6.92 Å². The third kappa shape index (κ3) is 2.84. The summed E-state index contributed by atoms with van der Waals surface area (Å²) in [7, 11) is 0. The fourth-order valence-corrected chi connectivity index (χ4v) is 2.15. The van der Waals surface area contributed by atoms with Crippen LogP contribution in [0, 0.1) is 12.7 Å². The molecule has 2 aromatic rings. The second-order valence-electron chi connectivity index (χ2n) is 3.71. The fourth-order valence-electron chi connectivity index (χ4n) is 1.42. The number of carbonyl (C=O) groups excluding carboxylic acids is 1. The van der Waals surface area contributed by atoms with Crippen LogP contribution >= 0.6 is 11.3 Å². The van der Waals surface area contributed by atoms with Crippen molar-refractivity contribution in [2.75, 3.05) is 0 Å². The molecule has 0 atom stereocenters. The molecule has 1 aromatic heterocycles. The van der Waals surface area contributed by atoms with Gasteiger partial charge in [-0.15, -0.1) is 11.3 Å². The molecule has 0 aliphatic heterocycles. The van der Waals surface area contributed by atoms with E-state index < -0.39 is 11.7 Å². The summed E-state index contributed by atoms with van der Waals surface area (Å²) in [5, 5.41) is 12.8. The Kier molecular flexibility index (Phi) is 3.57. The number of hydrogen-bond donors (Lipinski definition) is 2. The van der Waals surface area contributed by atoms with Crippen molar-refractivity contribution in [3.05, 3.63) is 45.7 Å². The molecule has 0 radical (unpaired) electrons. The summed E-state index contributed by atoms with van der Waals surface area (Å²) in [5.74, 6) is -1.34. The second kappa shape index (κ2) is 5.14. The highest BCUT2D eigenvalue weighted by Crippen LogP contribution is 2.18. The molecule has 0 bridgehead atoms. The monoisotopic (exact) mass is 266 g/mol. The maximum absolute atomic E-state index is 13.0. The number of nitrogens with zero attached hydrogens (tertiary/aromatic N) is 1. The van der Waals surface area contributed by atoms with Crippen LogP contribution in [-0.2, 0) is 6.54 Å². The molecule has 0 aliphatic rings. The highest BCUT2D eigenvalue weighted by atomic mass is 32.1. The lowest BCUT2D eigenvalue weighted by molar-refractivity contribution is 0.0947. The van der Waals surface area contributed by atoms with E-state index in [2.05, 4.69) is 10.3 Å². The number of phenolic OH excluding ortho intramolecular Hbond substituents is 1. The first-order valence-corrected chi connectivity index (χ1v) is 6.06. The summed E-state index contributed by atoms with van der Waals surface area (Å²) in [4.78, 5) is 16.9. The average molecular weight is 266 g/mol. The Hall–Kier alpha value is -1.95. The van der Waals surface area contributed by atoms with Crippen molar-refractivity contribution in [1.29, 1.82) is 0 Å². The van der Waals surface area contributed by atoms with Crippen LogP contribution in [0.25, 0.3) is 0 Å². The molecule has 0 unspecified atom stereocenters. The van der Waals surface area contributed by atoms with Gasteiger partial charge in [-0.3, -0.25) is 4.79 Å². The highest BCUT2D eigenvalue weighted by molar-refractivity contribution is 7.11. The van der Waals surface area contributed by atoms with Gasteiger partial charge in [0, 0.05) is 11.1 Å². The van der Waals surface area contributed by atoms with Gasteiger partial charge in [-0.1, -0.05) is 0 Å². The zero-order valence-electron chi connectivity index (χ0n) is 9.61. The van der Waals surface area contributed by atoms with Crippen LogP contribution in [0.15, 0.2) is 24.4 Å². The number of carbonyl (C=O) groups is 1. The summed E-state index contributed by atoms with van der Waals surface area (Å²) in [6.07, 6.45) is 1.71. The molecule has 0 saturated carbocycles. The number of halogens is 1. The molecule has 2 N–H and O–H groups in total. The molecule has 0 aliphatic carbocycles. The Labute approximate surface area is 107 Å². The molecule has 4 nitrogen and oxygen atoms in total. The minimum Gasteiger partial charge on any atom is -0.507 e. The van der Waals surface area contributed by atoms with Crippen molar-refractivity contribution >= 4 is 17.2 Å². The van der Waals surface area contributed by atoms with Gasteiger partial charge in [0.05, 0.1) is 12.1 Å². The van der Waals surface area contributed by atoms with Gasteiger partial charge in [0.2, 0.25) is 0 Å². The first-order chi connectivity index (χ1) is 8.56. The van der Waals surface area contributed by atoms with Gasteiger partial charge in [-0.25, -0.2) is 9.37 Å². The Morgan fingerprint density at radius 3 is 3.00 bits per heavy atom. The van der Waals surface area contributed by atoms with Crippen molar-refractivity contribution in [3.63, 3.8) is 0 Å². The standard InChI is InChI=1S/C12H11FN2O2S/c1-7-5-14-11(18-7)6-15-12(17)9-4-8(13)2-3-10(9)16/h2-5,16H,6H2,1H3,(H,15,17). The zero-order valence-corrected chi connectivity index (χ0v) is 10.4. The smallest absolute Gasteiger partial charge is 0.255 e. The number of thiazole rings is 1. The lowest BCUT2D eigenvalue weighted by Crippen LogP contribution is -2.22. The first-order valence-electron chi connectivity index (χ1n) is 5.24. The Bertz CT molecular complexity index is 583. The molecule has 0 spiro atoms. The molecule has 0 saturated heterocycles. The van der Waals surface area contributed by atoms with Gasteiger partial charge in [-0.05, 0) is 25.1 Å². The van der Waals surface area contributed by atoms with Crippen LogP contribution in [-0.4, -0.2) is 16.0 Å². The van der Waals surface area contributed by atoms with Crippen LogP contribution in [0.2, 0.25) is 0 Å². The van der Waals surface area contributed by atoms with E-state index in [9.17, 15) is 14.3 Å². The SMILES string of the molecule is Cc1cnc(CNC(=O)c2cc(F)ccc2O)s1. The lowest BCUT2D eigenvalue weighted by Gasteiger charge is -2.05. The molecule has 1 aromatic carbocycles. The molecule has 18 heavy (non-hydrogen) atoms. The van der Waals surface area contributed by atoms with E-state index in [4.69, 9.17) is 0 Å². The third-order valence-corrected chi connectivity index (χ3v) is 3.19. The fraction of sp³-hybridized carbons (Fsp3) is 0.167. The molecule has 1 heterocycles. The summed E-state index contributed by atoms with van der Waals surface area (Å²) in [6, 6.07) is 3.24. The van der Waals surface area contributed by atoms with E-state index in [0.29, 0.717) is 0 Å². The molecular formula is C12H11FN2O2S. The number of phenols is 1. The van der Waals surface area contributed by atoms with E-state index in [0.717, 1.165) is 28.1 Å². The zero-order chi connectivity index (χ0) is 13.1. The van der Waals surface area contributed by atoms with Crippen LogP contribution in [0.3, 0.4) is 0 Å². The molecule has 2 rings (SSSR count). The largest absolute Gasteiger partial charge is 0.507 e. The normalized spacial score (nSPS) is 10.3. The number of hydrogen-bond acceptors (Lipinski definition) is 4. The van der Waals surface area contributed by atoms with Crippen LogP contribution in [0.1, 0.15) is 20.2 Å². The van der Waals surface area contributed by atoms with Crippen molar-refractivity contribution in [3.8, 4) is 5.75 Å². The summed E-state index contributed by atoms with van der Waals surface area (Å²) in [6.45, 7) is 2.18. The van der Waals surface area contributed by atoms with Gasteiger partial charge in [-0.2, -0.15) is 0 Å². The maximum Gasteiger partial charge on any atom is 0.255 e. The third-order valence-electron chi connectivity index (χ3n) is 2.27. The van der Waals surface area contributed by atoms with E-state index in [1.165, 1.54) is 11.3 Å². The predicted molar refractivity (Wildman–Crippen MR) is 66.1 cm³/mol. The Morgan fingerprint density at radius 2 is 2.33 bits per heavy atom.